The van der Waals surface area contributed by atoms with Gasteiger partial charge in [-0.3, -0.25) is 0 Å². The van der Waals surface area contributed by atoms with E-state index >= 15 is 0 Å². The zero-order valence-electron chi connectivity index (χ0n) is 14.2. The molecule has 0 saturated heterocycles. The van der Waals surface area contributed by atoms with Crippen LogP contribution >= 0.6 is 0 Å². The lowest BCUT2D eigenvalue weighted by Crippen LogP contribution is -2.42. The minimum atomic E-state index is -4.56. The Kier molecular flexibility index (Phi) is 4.87. The first kappa shape index (κ1) is 18.6. The zero-order chi connectivity index (χ0) is 18.2. The third kappa shape index (κ3) is 4.41. The third-order valence-electron chi connectivity index (χ3n) is 4.59. The second-order valence-corrected chi connectivity index (χ2v) is 7.94. The molecule has 0 amide bonds. The second kappa shape index (κ2) is 6.29. The predicted molar refractivity (Wildman–Crippen MR) is 86.4 cm³/mol. The van der Waals surface area contributed by atoms with Gasteiger partial charge in [-0.05, 0) is 48.3 Å². The van der Waals surface area contributed by atoms with E-state index in [0.29, 0.717) is 18.7 Å². The van der Waals surface area contributed by atoms with E-state index in [-0.39, 0.29) is 16.4 Å². The van der Waals surface area contributed by atoms with E-state index in [1.807, 2.05) is 6.92 Å². The van der Waals surface area contributed by atoms with Crippen LogP contribution in [0.2, 0.25) is 0 Å². The summed E-state index contributed by atoms with van der Waals surface area (Å²) >= 11 is 0. The Hall–Kier alpha value is -1.74. The summed E-state index contributed by atoms with van der Waals surface area (Å²) in [6.07, 6.45) is -2.72. The van der Waals surface area contributed by atoms with Crippen molar-refractivity contribution in [2.75, 3.05) is 11.9 Å². The summed E-state index contributed by atoms with van der Waals surface area (Å²) < 4.78 is 39.1. The van der Waals surface area contributed by atoms with Crippen LogP contribution < -0.4 is 5.32 Å². The largest absolute Gasteiger partial charge is 0.417 e. The summed E-state index contributed by atoms with van der Waals surface area (Å²) in [7, 11) is 0. The molecule has 1 aliphatic rings. The normalized spacial score (nSPS) is 26.7. The van der Waals surface area contributed by atoms with Gasteiger partial charge in [-0.2, -0.15) is 18.4 Å². The molecule has 0 spiro atoms. The van der Waals surface area contributed by atoms with Crippen LogP contribution in [-0.2, 0) is 6.18 Å². The van der Waals surface area contributed by atoms with Gasteiger partial charge in [0.1, 0.15) is 0 Å². The Labute approximate surface area is 140 Å². The number of nitrogens with one attached hydrogen (secondary N) is 1. The van der Waals surface area contributed by atoms with Crippen LogP contribution in [0.3, 0.4) is 0 Å². The van der Waals surface area contributed by atoms with Crippen molar-refractivity contribution in [2.45, 2.75) is 52.3 Å². The Morgan fingerprint density at radius 1 is 1.29 bits per heavy atom. The average Bonchev–Trinajstić information content (AvgIpc) is 2.41. The molecule has 6 heteroatoms. The molecular formula is C18H23F3N2O. The molecule has 0 radical (unpaired) electrons. The summed E-state index contributed by atoms with van der Waals surface area (Å²) in [4.78, 5) is 0. The van der Waals surface area contributed by atoms with E-state index in [9.17, 15) is 18.3 Å². The zero-order valence-corrected chi connectivity index (χ0v) is 14.2. The first-order valence-electron chi connectivity index (χ1n) is 7.97. The van der Waals surface area contributed by atoms with E-state index in [2.05, 4.69) is 19.2 Å². The van der Waals surface area contributed by atoms with Gasteiger partial charge in [-0.15, -0.1) is 0 Å². The van der Waals surface area contributed by atoms with Crippen molar-refractivity contribution in [3.05, 3.63) is 29.3 Å². The van der Waals surface area contributed by atoms with Gasteiger partial charge in [0.2, 0.25) is 0 Å². The lowest BCUT2D eigenvalue weighted by atomic mass is 9.63. The highest BCUT2D eigenvalue weighted by molar-refractivity contribution is 5.53. The van der Waals surface area contributed by atoms with Gasteiger partial charge in [0.25, 0.3) is 0 Å². The molecule has 1 aromatic rings. The first-order valence-corrected chi connectivity index (χ1v) is 7.97. The smallest absolute Gasteiger partial charge is 0.393 e. The molecule has 2 rings (SSSR count). The van der Waals surface area contributed by atoms with Crippen LogP contribution in [0.4, 0.5) is 18.9 Å². The monoisotopic (exact) mass is 340 g/mol. The fourth-order valence-corrected chi connectivity index (χ4v) is 4.01. The molecule has 132 valence electrons. The van der Waals surface area contributed by atoms with Gasteiger partial charge in [-0.1, -0.05) is 20.8 Å². The molecule has 24 heavy (non-hydrogen) atoms. The van der Waals surface area contributed by atoms with E-state index < -0.39 is 17.8 Å². The van der Waals surface area contributed by atoms with Crippen molar-refractivity contribution in [1.82, 2.24) is 0 Å². The molecule has 1 aliphatic carbocycles. The third-order valence-corrected chi connectivity index (χ3v) is 4.59. The number of rotatable bonds is 3. The number of hydrogen-bond donors (Lipinski definition) is 2. The fraction of sp³-hybridized carbons (Fsp3) is 0.611. The van der Waals surface area contributed by atoms with Crippen molar-refractivity contribution < 1.29 is 18.3 Å². The Balaban J connectivity index is 2.16. The number of hydrogen-bond acceptors (Lipinski definition) is 3. The number of alkyl halides is 3. The first-order chi connectivity index (χ1) is 10.9. The lowest BCUT2D eigenvalue weighted by molar-refractivity contribution is -0.137. The van der Waals surface area contributed by atoms with Crippen molar-refractivity contribution in [3.8, 4) is 6.07 Å². The van der Waals surface area contributed by atoms with Crippen molar-refractivity contribution in [2.24, 2.45) is 10.8 Å². The van der Waals surface area contributed by atoms with Crippen LogP contribution in [0, 0.1) is 22.2 Å². The van der Waals surface area contributed by atoms with Crippen LogP contribution in [0.1, 0.15) is 51.2 Å². The summed E-state index contributed by atoms with van der Waals surface area (Å²) in [6.45, 7) is 6.70. The molecule has 1 fully saturated rings. The number of aliphatic hydroxyl groups excluding tert-OH is 1. The number of nitrogens with zero attached hydrogens (tertiary/aromatic N) is 1. The second-order valence-electron chi connectivity index (χ2n) is 7.94. The molecule has 0 heterocycles. The van der Waals surface area contributed by atoms with Crippen LogP contribution in [-0.4, -0.2) is 17.8 Å². The molecule has 1 aromatic carbocycles. The average molecular weight is 340 g/mol. The summed E-state index contributed by atoms with van der Waals surface area (Å²) in [5, 5.41) is 22.0. The highest BCUT2D eigenvalue weighted by atomic mass is 19.4. The van der Waals surface area contributed by atoms with E-state index in [0.717, 1.165) is 18.9 Å². The van der Waals surface area contributed by atoms with Crippen LogP contribution in [0.15, 0.2) is 18.2 Å². The molecule has 3 nitrogen and oxygen atoms in total. The maximum atomic E-state index is 13.0. The number of anilines is 1. The Bertz CT molecular complexity index is 649. The molecule has 0 bridgehead atoms. The van der Waals surface area contributed by atoms with Crippen LogP contribution in [0.5, 0.6) is 0 Å². The molecule has 0 aliphatic heterocycles. The summed E-state index contributed by atoms with van der Waals surface area (Å²) in [6, 6.07) is 5.23. The van der Waals surface area contributed by atoms with Gasteiger partial charge in [0.05, 0.1) is 23.3 Å². The molecule has 2 atom stereocenters. The molecule has 0 aromatic heterocycles. The highest BCUT2D eigenvalue weighted by Crippen LogP contribution is 2.46. The minimum absolute atomic E-state index is 0.00407. The van der Waals surface area contributed by atoms with Gasteiger partial charge >= 0.3 is 6.18 Å². The number of benzene rings is 1. The SMILES string of the molecule is CC1(C)CC(O)CC(C)(CNc2ccc(C#N)c(C(F)(F)F)c2)C1. The Morgan fingerprint density at radius 2 is 1.96 bits per heavy atom. The van der Waals surface area contributed by atoms with Gasteiger partial charge in [0.15, 0.2) is 0 Å². The van der Waals surface area contributed by atoms with E-state index in [1.54, 1.807) is 6.07 Å². The molecular weight excluding hydrogens is 317 g/mol. The minimum Gasteiger partial charge on any atom is -0.393 e. The van der Waals surface area contributed by atoms with Gasteiger partial charge in [-0.25, -0.2) is 0 Å². The molecule has 1 saturated carbocycles. The molecule has 2 N–H and O–H groups in total. The quantitative estimate of drug-likeness (QED) is 0.848. The maximum absolute atomic E-state index is 13.0. The van der Waals surface area contributed by atoms with Gasteiger partial charge < -0.3 is 10.4 Å². The van der Waals surface area contributed by atoms with E-state index in [4.69, 9.17) is 5.26 Å². The van der Waals surface area contributed by atoms with Crippen molar-refractivity contribution >= 4 is 5.69 Å². The lowest BCUT2D eigenvalue weighted by Gasteiger charge is -2.45. The van der Waals surface area contributed by atoms with E-state index in [1.165, 1.54) is 12.1 Å². The number of nitriles is 1. The predicted octanol–water partition coefficient (Wildman–Crippen LogP) is 4.57. The summed E-state index contributed by atoms with van der Waals surface area (Å²) in [5.74, 6) is 0. The molecule has 2 unspecified atom stereocenters. The number of aliphatic hydroxyl groups is 1. The van der Waals surface area contributed by atoms with Crippen molar-refractivity contribution in [3.63, 3.8) is 0 Å². The topological polar surface area (TPSA) is 56.0 Å². The number of halogens is 3. The highest BCUT2D eigenvalue weighted by Gasteiger charge is 2.40. The van der Waals surface area contributed by atoms with Crippen molar-refractivity contribution in [1.29, 1.82) is 5.26 Å². The van der Waals surface area contributed by atoms with Crippen LogP contribution in [0.25, 0.3) is 0 Å². The summed E-state index contributed by atoms with van der Waals surface area (Å²) in [5.41, 5.74) is -1.18. The van der Waals surface area contributed by atoms with Gasteiger partial charge in [0, 0.05) is 12.2 Å². The Morgan fingerprint density at radius 3 is 2.50 bits per heavy atom. The standard InChI is InChI=1S/C18H23F3N2O/c1-16(2)7-14(24)8-17(3,10-16)11-23-13-5-4-12(9-22)15(6-13)18(19,20)21/h4-6,14,23-24H,7-8,10-11H2,1-3H3. The fourth-order valence-electron chi connectivity index (χ4n) is 4.01. The maximum Gasteiger partial charge on any atom is 0.417 e.